The largest absolute Gasteiger partial charge is 0.366 e. The first-order chi connectivity index (χ1) is 9.32. The lowest BCUT2D eigenvalue weighted by Crippen LogP contribution is -2.28. The van der Waals surface area contributed by atoms with Crippen LogP contribution in [0, 0.1) is 6.92 Å². The molecule has 2 rings (SSSR count). The van der Waals surface area contributed by atoms with Gasteiger partial charge >= 0.3 is 0 Å². The first-order valence-corrected chi connectivity index (χ1v) is 8.83. The van der Waals surface area contributed by atoms with Crippen molar-refractivity contribution in [2.75, 3.05) is 11.6 Å². The Morgan fingerprint density at radius 2 is 1.95 bits per heavy atom. The fraction of sp³-hybridized carbons (Fsp3) is 0.733. The second kappa shape index (κ2) is 6.10. The molecule has 20 heavy (non-hydrogen) atoms. The van der Waals surface area contributed by atoms with Gasteiger partial charge < -0.3 is 5.32 Å². The van der Waals surface area contributed by atoms with E-state index in [2.05, 4.69) is 37.3 Å². The molecule has 0 amide bonds. The van der Waals surface area contributed by atoms with Crippen molar-refractivity contribution in [1.29, 1.82) is 0 Å². The van der Waals surface area contributed by atoms with E-state index >= 15 is 0 Å². The molecule has 5 heteroatoms. The summed E-state index contributed by atoms with van der Waals surface area (Å²) in [6, 6.07) is 0.488. The summed E-state index contributed by atoms with van der Waals surface area (Å²) in [4.78, 5) is 9.15. The predicted molar refractivity (Wildman–Crippen MR) is 89.0 cm³/mol. The fourth-order valence-corrected chi connectivity index (χ4v) is 3.62. The van der Waals surface area contributed by atoms with Crippen LogP contribution in [0.3, 0.4) is 0 Å². The number of nitrogens with zero attached hydrogens (tertiary/aromatic N) is 2. The Balaban J connectivity index is 2.29. The first-order valence-electron chi connectivity index (χ1n) is 7.17. The second-order valence-corrected chi connectivity index (χ2v) is 7.95. The van der Waals surface area contributed by atoms with Crippen LogP contribution in [-0.2, 0) is 5.41 Å². The van der Waals surface area contributed by atoms with E-state index in [4.69, 9.17) is 16.6 Å². The van der Waals surface area contributed by atoms with E-state index in [0.29, 0.717) is 16.4 Å². The lowest BCUT2D eigenvalue weighted by Gasteiger charge is -2.23. The smallest absolute Gasteiger partial charge is 0.137 e. The molecule has 0 bridgehead atoms. The molecule has 1 aliphatic carbocycles. The molecule has 0 radical (unpaired) electrons. The van der Waals surface area contributed by atoms with Crippen LogP contribution in [0.2, 0.25) is 5.15 Å². The van der Waals surface area contributed by atoms with Gasteiger partial charge in [-0.25, -0.2) is 9.97 Å². The van der Waals surface area contributed by atoms with Crippen molar-refractivity contribution in [3.05, 3.63) is 16.5 Å². The Morgan fingerprint density at radius 3 is 2.55 bits per heavy atom. The van der Waals surface area contributed by atoms with E-state index in [1.54, 1.807) is 0 Å². The highest BCUT2D eigenvalue weighted by molar-refractivity contribution is 7.99. The molecule has 1 fully saturated rings. The monoisotopic (exact) mass is 313 g/mol. The van der Waals surface area contributed by atoms with E-state index in [0.717, 1.165) is 17.2 Å². The molecule has 1 saturated carbocycles. The van der Waals surface area contributed by atoms with Crippen molar-refractivity contribution in [2.45, 2.75) is 63.7 Å². The second-order valence-electron chi connectivity index (χ2n) is 6.52. The number of hydrogen-bond acceptors (Lipinski definition) is 4. The van der Waals surface area contributed by atoms with E-state index in [9.17, 15) is 0 Å². The zero-order valence-corrected chi connectivity index (χ0v) is 14.5. The Kier molecular flexibility index (Phi) is 4.85. The van der Waals surface area contributed by atoms with Crippen LogP contribution >= 0.6 is 23.4 Å². The topological polar surface area (TPSA) is 37.8 Å². The number of halogens is 1. The fourth-order valence-electron chi connectivity index (χ4n) is 2.51. The van der Waals surface area contributed by atoms with Gasteiger partial charge in [0.2, 0.25) is 0 Å². The lowest BCUT2D eigenvalue weighted by molar-refractivity contribution is 0.544. The number of thioether (sulfide) groups is 1. The van der Waals surface area contributed by atoms with Gasteiger partial charge in [0.15, 0.2) is 0 Å². The maximum atomic E-state index is 6.28. The Morgan fingerprint density at radius 1 is 1.25 bits per heavy atom. The number of rotatable bonds is 3. The molecule has 3 nitrogen and oxygen atoms in total. The normalized spacial score (nSPS) is 23.1. The third-order valence-corrected chi connectivity index (χ3v) is 5.37. The van der Waals surface area contributed by atoms with Gasteiger partial charge in [-0.2, -0.15) is 11.8 Å². The van der Waals surface area contributed by atoms with Crippen molar-refractivity contribution in [3.63, 3.8) is 0 Å². The number of nitrogens with one attached hydrogen (secondary N) is 1. The van der Waals surface area contributed by atoms with Crippen LogP contribution in [-0.4, -0.2) is 27.5 Å². The molecule has 0 spiro atoms. The standard InChI is InChI=1S/C15H24ClN3S/c1-9-12(16)18-14(15(2,3)4)19-13(9)17-10-7-6-8-11(10)20-5/h10-11H,6-8H2,1-5H3,(H,17,18,19). The Bertz CT molecular complexity index is 485. The highest BCUT2D eigenvalue weighted by Gasteiger charge is 2.28. The maximum absolute atomic E-state index is 6.28. The van der Waals surface area contributed by atoms with Crippen LogP contribution in [0.5, 0.6) is 0 Å². The number of aromatic nitrogens is 2. The van der Waals surface area contributed by atoms with Gasteiger partial charge in [-0.1, -0.05) is 38.8 Å². The maximum Gasteiger partial charge on any atom is 0.137 e. The molecule has 1 heterocycles. The molecule has 1 N–H and O–H groups in total. The van der Waals surface area contributed by atoms with Crippen LogP contribution in [0.25, 0.3) is 0 Å². The zero-order valence-electron chi connectivity index (χ0n) is 13.0. The predicted octanol–water partition coefficient (Wildman–Crippen LogP) is 4.43. The average molecular weight is 314 g/mol. The first kappa shape index (κ1) is 15.9. The lowest BCUT2D eigenvalue weighted by atomic mass is 9.95. The zero-order chi connectivity index (χ0) is 14.9. The summed E-state index contributed by atoms with van der Waals surface area (Å²) in [6.07, 6.45) is 5.96. The van der Waals surface area contributed by atoms with Crippen LogP contribution in [0.1, 0.15) is 51.4 Å². The molecule has 112 valence electrons. The van der Waals surface area contributed by atoms with E-state index in [1.807, 2.05) is 18.7 Å². The van der Waals surface area contributed by atoms with E-state index in [-0.39, 0.29) is 5.41 Å². The number of anilines is 1. The summed E-state index contributed by atoms with van der Waals surface area (Å²) in [5.74, 6) is 1.70. The quantitative estimate of drug-likeness (QED) is 0.838. The molecule has 0 aliphatic heterocycles. The van der Waals surface area contributed by atoms with E-state index < -0.39 is 0 Å². The molecular formula is C15H24ClN3S. The van der Waals surface area contributed by atoms with Crippen molar-refractivity contribution < 1.29 is 0 Å². The summed E-state index contributed by atoms with van der Waals surface area (Å²) >= 11 is 8.23. The molecular weight excluding hydrogens is 290 g/mol. The van der Waals surface area contributed by atoms with Crippen LogP contribution in [0.4, 0.5) is 5.82 Å². The molecule has 1 aromatic rings. The van der Waals surface area contributed by atoms with Gasteiger partial charge in [0, 0.05) is 22.3 Å². The third kappa shape index (κ3) is 3.40. The van der Waals surface area contributed by atoms with Crippen LogP contribution in [0.15, 0.2) is 0 Å². The summed E-state index contributed by atoms with van der Waals surface area (Å²) in [5, 5.41) is 4.84. The van der Waals surface area contributed by atoms with Gasteiger partial charge in [0.05, 0.1) is 0 Å². The van der Waals surface area contributed by atoms with Gasteiger partial charge in [-0.15, -0.1) is 0 Å². The highest BCUT2D eigenvalue weighted by atomic mass is 35.5. The Labute approximate surface area is 131 Å². The number of hydrogen-bond donors (Lipinski definition) is 1. The minimum Gasteiger partial charge on any atom is -0.366 e. The minimum atomic E-state index is -0.0949. The van der Waals surface area contributed by atoms with Crippen LogP contribution < -0.4 is 5.32 Å². The van der Waals surface area contributed by atoms with Crippen molar-refractivity contribution in [3.8, 4) is 0 Å². The molecule has 1 aromatic heterocycles. The van der Waals surface area contributed by atoms with Gasteiger partial charge in [-0.05, 0) is 26.0 Å². The summed E-state index contributed by atoms with van der Waals surface area (Å²) in [5.41, 5.74) is 0.856. The highest BCUT2D eigenvalue weighted by Crippen LogP contribution is 2.33. The Hall–Kier alpha value is -0.480. The summed E-state index contributed by atoms with van der Waals surface area (Å²) < 4.78 is 0. The SMILES string of the molecule is CSC1CCCC1Nc1nc(C(C)(C)C)nc(Cl)c1C. The van der Waals surface area contributed by atoms with Gasteiger partial charge in [0.25, 0.3) is 0 Å². The molecule has 1 aliphatic rings. The van der Waals surface area contributed by atoms with Crippen molar-refractivity contribution in [1.82, 2.24) is 9.97 Å². The van der Waals surface area contributed by atoms with Gasteiger partial charge in [0.1, 0.15) is 16.8 Å². The summed E-state index contributed by atoms with van der Waals surface area (Å²) in [6.45, 7) is 8.31. The third-order valence-electron chi connectivity index (χ3n) is 3.83. The average Bonchev–Trinajstić information content (AvgIpc) is 2.80. The van der Waals surface area contributed by atoms with E-state index in [1.165, 1.54) is 19.3 Å². The molecule has 0 saturated heterocycles. The minimum absolute atomic E-state index is 0.0949. The van der Waals surface area contributed by atoms with Crippen molar-refractivity contribution in [2.24, 2.45) is 0 Å². The molecule has 0 aromatic carbocycles. The molecule has 2 atom stereocenters. The van der Waals surface area contributed by atoms with Gasteiger partial charge in [-0.3, -0.25) is 0 Å². The molecule has 2 unspecified atom stereocenters. The summed E-state index contributed by atoms with van der Waals surface area (Å²) in [7, 11) is 0. The van der Waals surface area contributed by atoms with Crippen molar-refractivity contribution >= 4 is 29.2 Å².